The van der Waals surface area contributed by atoms with Crippen LogP contribution in [-0.2, 0) is 6.54 Å². The molecule has 0 aliphatic heterocycles. The van der Waals surface area contributed by atoms with E-state index >= 15 is 0 Å². The lowest BCUT2D eigenvalue weighted by Crippen LogP contribution is -2.00. The lowest BCUT2D eigenvalue weighted by atomic mass is 10.2. The number of hydrogen-bond acceptors (Lipinski definition) is 1. The minimum absolute atomic E-state index is 0.829. The van der Waals surface area contributed by atoms with E-state index in [1.807, 2.05) is 13.0 Å². The van der Waals surface area contributed by atoms with Crippen molar-refractivity contribution in [2.45, 2.75) is 13.5 Å². The number of nitrogens with zero attached hydrogens (tertiary/aromatic N) is 2. The number of aromatic nitrogens is 2. The van der Waals surface area contributed by atoms with Crippen molar-refractivity contribution in [2.75, 3.05) is 0 Å². The Hall–Kier alpha value is -2.09. The molecule has 0 bridgehead atoms. The van der Waals surface area contributed by atoms with Gasteiger partial charge in [-0.05, 0) is 36.6 Å². The molecular formula is C15H14N2. The van der Waals surface area contributed by atoms with Gasteiger partial charge in [-0.2, -0.15) is 0 Å². The largest absolute Gasteiger partial charge is 0.341 e. The zero-order valence-electron chi connectivity index (χ0n) is 9.80. The summed E-state index contributed by atoms with van der Waals surface area (Å²) in [4.78, 5) is 4.53. The quantitative estimate of drug-likeness (QED) is 0.650. The smallest absolute Gasteiger partial charge is 0.0648 e. The third-order valence-electron chi connectivity index (χ3n) is 2.96. The molecule has 0 radical (unpaired) electrons. The predicted octanol–water partition coefficient (Wildman–Crippen LogP) is 3.39. The molecule has 0 saturated carbocycles. The first-order valence-electron chi connectivity index (χ1n) is 5.79. The van der Waals surface area contributed by atoms with Gasteiger partial charge in [0.25, 0.3) is 0 Å². The van der Waals surface area contributed by atoms with E-state index in [0.717, 1.165) is 17.9 Å². The van der Waals surface area contributed by atoms with Crippen molar-refractivity contribution in [3.05, 3.63) is 66.1 Å². The molecule has 0 aliphatic carbocycles. The summed E-state index contributed by atoms with van der Waals surface area (Å²) in [6.07, 6.45) is 2.12. The maximum atomic E-state index is 4.53. The molecule has 84 valence electrons. The molecular weight excluding hydrogens is 208 g/mol. The van der Waals surface area contributed by atoms with Crippen LogP contribution in [0.3, 0.4) is 0 Å². The van der Waals surface area contributed by atoms with Gasteiger partial charge in [-0.1, -0.05) is 24.3 Å². The Bertz CT molecular complexity index is 653. The minimum atomic E-state index is 0.829. The molecule has 0 amide bonds. The van der Waals surface area contributed by atoms with E-state index in [2.05, 4.69) is 58.2 Å². The van der Waals surface area contributed by atoms with Gasteiger partial charge in [-0.15, -0.1) is 0 Å². The number of fused-ring (bicyclic) bond motifs is 1. The van der Waals surface area contributed by atoms with Gasteiger partial charge in [0.1, 0.15) is 0 Å². The van der Waals surface area contributed by atoms with Gasteiger partial charge in [0, 0.05) is 17.4 Å². The van der Waals surface area contributed by atoms with Crippen molar-refractivity contribution in [1.29, 1.82) is 0 Å². The normalized spacial score (nSPS) is 10.9. The van der Waals surface area contributed by atoms with E-state index in [9.17, 15) is 0 Å². The van der Waals surface area contributed by atoms with Gasteiger partial charge in [0.05, 0.1) is 12.2 Å². The van der Waals surface area contributed by atoms with E-state index in [1.165, 1.54) is 10.9 Å². The summed E-state index contributed by atoms with van der Waals surface area (Å²) in [6.45, 7) is 2.85. The molecule has 0 fully saturated rings. The Morgan fingerprint density at radius 3 is 2.76 bits per heavy atom. The second-order valence-corrected chi connectivity index (χ2v) is 4.27. The Labute approximate surface area is 101 Å². The molecule has 0 atom stereocenters. The first-order chi connectivity index (χ1) is 8.33. The standard InChI is InChI=1S/C15H14N2/c1-12-5-4-7-14(16-12)11-17-10-9-13-6-2-3-8-15(13)17/h2-10H,11H2,1H3. The molecule has 0 aliphatic rings. The van der Waals surface area contributed by atoms with Crippen LogP contribution in [0.2, 0.25) is 0 Å². The summed E-state index contributed by atoms with van der Waals surface area (Å²) in [5.41, 5.74) is 3.43. The molecule has 0 spiro atoms. The molecule has 2 heterocycles. The zero-order valence-corrected chi connectivity index (χ0v) is 9.80. The average Bonchev–Trinajstić information content (AvgIpc) is 2.73. The van der Waals surface area contributed by atoms with Gasteiger partial charge >= 0.3 is 0 Å². The van der Waals surface area contributed by atoms with Crippen molar-refractivity contribution < 1.29 is 0 Å². The van der Waals surface area contributed by atoms with E-state index in [4.69, 9.17) is 0 Å². The van der Waals surface area contributed by atoms with Crippen LogP contribution >= 0.6 is 0 Å². The van der Waals surface area contributed by atoms with Crippen LogP contribution in [0.5, 0.6) is 0 Å². The number of benzene rings is 1. The highest BCUT2D eigenvalue weighted by molar-refractivity contribution is 5.79. The maximum Gasteiger partial charge on any atom is 0.0648 e. The van der Waals surface area contributed by atoms with Crippen LogP contribution in [0.25, 0.3) is 10.9 Å². The van der Waals surface area contributed by atoms with Crippen molar-refractivity contribution in [1.82, 2.24) is 9.55 Å². The summed E-state index contributed by atoms with van der Waals surface area (Å²) in [6, 6.07) is 16.7. The summed E-state index contributed by atoms with van der Waals surface area (Å²) < 4.78 is 2.23. The van der Waals surface area contributed by atoms with Crippen molar-refractivity contribution in [3.8, 4) is 0 Å². The molecule has 1 aromatic carbocycles. The van der Waals surface area contributed by atoms with Crippen LogP contribution in [0.4, 0.5) is 0 Å². The van der Waals surface area contributed by atoms with E-state index in [-0.39, 0.29) is 0 Å². The first kappa shape index (κ1) is 10.1. The van der Waals surface area contributed by atoms with E-state index in [0.29, 0.717) is 0 Å². The molecule has 3 aromatic rings. The fraction of sp³-hybridized carbons (Fsp3) is 0.133. The zero-order chi connectivity index (χ0) is 11.7. The molecule has 2 heteroatoms. The molecule has 17 heavy (non-hydrogen) atoms. The summed E-state index contributed by atoms with van der Waals surface area (Å²) in [7, 11) is 0. The first-order valence-corrected chi connectivity index (χ1v) is 5.79. The Kier molecular flexibility index (Phi) is 2.41. The predicted molar refractivity (Wildman–Crippen MR) is 70.0 cm³/mol. The highest BCUT2D eigenvalue weighted by Crippen LogP contribution is 2.16. The lowest BCUT2D eigenvalue weighted by molar-refractivity contribution is 0.802. The minimum Gasteiger partial charge on any atom is -0.341 e. The number of rotatable bonds is 2. The van der Waals surface area contributed by atoms with Gasteiger partial charge in [0.15, 0.2) is 0 Å². The summed E-state index contributed by atoms with van der Waals surface area (Å²) >= 11 is 0. The lowest BCUT2D eigenvalue weighted by Gasteiger charge is -2.05. The summed E-state index contributed by atoms with van der Waals surface area (Å²) in [5, 5.41) is 1.28. The second kappa shape index (κ2) is 4.06. The highest BCUT2D eigenvalue weighted by Gasteiger charge is 2.01. The van der Waals surface area contributed by atoms with E-state index < -0.39 is 0 Å². The third kappa shape index (κ3) is 1.94. The molecule has 2 nitrogen and oxygen atoms in total. The molecule has 0 unspecified atom stereocenters. The average molecular weight is 222 g/mol. The second-order valence-electron chi connectivity index (χ2n) is 4.27. The van der Waals surface area contributed by atoms with Crippen LogP contribution < -0.4 is 0 Å². The van der Waals surface area contributed by atoms with Crippen LogP contribution in [0.1, 0.15) is 11.4 Å². The number of pyridine rings is 1. The van der Waals surface area contributed by atoms with Gasteiger partial charge in [0.2, 0.25) is 0 Å². The number of para-hydroxylation sites is 1. The van der Waals surface area contributed by atoms with Crippen molar-refractivity contribution >= 4 is 10.9 Å². The Balaban J connectivity index is 2.00. The number of hydrogen-bond donors (Lipinski definition) is 0. The molecule has 0 saturated heterocycles. The third-order valence-corrected chi connectivity index (χ3v) is 2.96. The topological polar surface area (TPSA) is 17.8 Å². The molecule has 2 aromatic heterocycles. The fourth-order valence-electron chi connectivity index (χ4n) is 2.14. The van der Waals surface area contributed by atoms with Crippen molar-refractivity contribution in [2.24, 2.45) is 0 Å². The van der Waals surface area contributed by atoms with Crippen LogP contribution in [0.15, 0.2) is 54.7 Å². The SMILES string of the molecule is Cc1cccc(Cn2ccc3ccccc32)n1. The number of aryl methyl sites for hydroxylation is 1. The van der Waals surface area contributed by atoms with Gasteiger partial charge < -0.3 is 4.57 Å². The van der Waals surface area contributed by atoms with Gasteiger partial charge in [-0.25, -0.2) is 0 Å². The molecule has 3 rings (SSSR count). The van der Waals surface area contributed by atoms with Crippen LogP contribution in [0, 0.1) is 6.92 Å². The maximum absolute atomic E-state index is 4.53. The van der Waals surface area contributed by atoms with E-state index in [1.54, 1.807) is 0 Å². The highest BCUT2D eigenvalue weighted by atomic mass is 15.0. The monoisotopic (exact) mass is 222 g/mol. The van der Waals surface area contributed by atoms with Gasteiger partial charge in [-0.3, -0.25) is 4.98 Å². The van der Waals surface area contributed by atoms with Crippen LogP contribution in [-0.4, -0.2) is 9.55 Å². The molecule has 0 N–H and O–H groups in total. The fourth-order valence-corrected chi connectivity index (χ4v) is 2.14. The van der Waals surface area contributed by atoms with Crippen molar-refractivity contribution in [3.63, 3.8) is 0 Å². The Morgan fingerprint density at radius 1 is 1.00 bits per heavy atom. The Morgan fingerprint density at radius 2 is 1.88 bits per heavy atom. The summed E-state index contributed by atoms with van der Waals surface area (Å²) in [5.74, 6) is 0.